The third-order valence-corrected chi connectivity index (χ3v) is 3.10. The lowest BCUT2D eigenvalue weighted by molar-refractivity contribution is 0.205. The summed E-state index contributed by atoms with van der Waals surface area (Å²) in [5.41, 5.74) is 2.43. The van der Waals surface area contributed by atoms with Gasteiger partial charge in [-0.2, -0.15) is 0 Å². The van der Waals surface area contributed by atoms with Gasteiger partial charge in [0, 0.05) is 45.3 Å². The molecule has 0 amide bonds. The molecule has 1 aromatic heterocycles. The summed E-state index contributed by atoms with van der Waals surface area (Å²) in [5, 5.41) is 3.38. The highest BCUT2D eigenvalue weighted by Crippen LogP contribution is 2.21. The normalized spacial score (nSPS) is 14.5. The Morgan fingerprint density at radius 3 is 3.12 bits per heavy atom. The molecular formula is C12H20N4O. The van der Waals surface area contributed by atoms with Crippen LogP contribution in [0.5, 0.6) is 0 Å². The minimum Gasteiger partial charge on any atom is -0.383 e. The molecule has 0 unspecified atom stereocenters. The van der Waals surface area contributed by atoms with Gasteiger partial charge in [-0.25, -0.2) is 9.97 Å². The molecule has 0 radical (unpaired) electrons. The molecule has 1 aliphatic heterocycles. The Balaban J connectivity index is 2.23. The summed E-state index contributed by atoms with van der Waals surface area (Å²) in [5.74, 6) is 1.06. The molecule has 0 atom stereocenters. The predicted molar refractivity (Wildman–Crippen MR) is 67.2 cm³/mol. The molecule has 2 rings (SSSR count). The lowest BCUT2D eigenvalue weighted by atomic mass is 10.1. The molecule has 1 aliphatic rings. The van der Waals surface area contributed by atoms with Crippen molar-refractivity contribution in [2.75, 3.05) is 38.3 Å². The van der Waals surface area contributed by atoms with E-state index in [-0.39, 0.29) is 0 Å². The Morgan fingerprint density at radius 2 is 2.35 bits per heavy atom. The van der Waals surface area contributed by atoms with E-state index in [1.165, 1.54) is 11.3 Å². The first-order valence-electron chi connectivity index (χ1n) is 6.14. The van der Waals surface area contributed by atoms with Gasteiger partial charge in [0.15, 0.2) is 0 Å². The monoisotopic (exact) mass is 236 g/mol. The molecule has 17 heavy (non-hydrogen) atoms. The number of rotatable bonds is 5. The van der Waals surface area contributed by atoms with E-state index in [0.29, 0.717) is 0 Å². The van der Waals surface area contributed by atoms with Crippen molar-refractivity contribution in [3.8, 4) is 0 Å². The van der Waals surface area contributed by atoms with Crippen LogP contribution in [0.15, 0.2) is 6.33 Å². The van der Waals surface area contributed by atoms with E-state index in [4.69, 9.17) is 4.74 Å². The summed E-state index contributed by atoms with van der Waals surface area (Å²) in [7, 11) is 1.73. The van der Waals surface area contributed by atoms with Crippen molar-refractivity contribution in [1.29, 1.82) is 0 Å². The summed E-state index contributed by atoms with van der Waals surface area (Å²) in [6.45, 7) is 6.55. The van der Waals surface area contributed by atoms with E-state index in [2.05, 4.69) is 27.1 Å². The van der Waals surface area contributed by atoms with Gasteiger partial charge in [0.25, 0.3) is 0 Å². The highest BCUT2D eigenvalue weighted by molar-refractivity contribution is 5.49. The Kier molecular flexibility index (Phi) is 4.28. The van der Waals surface area contributed by atoms with E-state index in [1.807, 2.05) is 0 Å². The molecule has 94 valence electrons. The topological polar surface area (TPSA) is 50.3 Å². The zero-order valence-electron chi connectivity index (χ0n) is 10.6. The van der Waals surface area contributed by atoms with Crippen molar-refractivity contribution >= 4 is 5.82 Å². The van der Waals surface area contributed by atoms with Gasteiger partial charge in [-0.15, -0.1) is 0 Å². The summed E-state index contributed by atoms with van der Waals surface area (Å²) in [6.07, 6.45) is 2.67. The van der Waals surface area contributed by atoms with Crippen LogP contribution in [0.1, 0.15) is 18.2 Å². The van der Waals surface area contributed by atoms with E-state index >= 15 is 0 Å². The Labute approximate surface area is 102 Å². The van der Waals surface area contributed by atoms with Crippen molar-refractivity contribution in [1.82, 2.24) is 15.3 Å². The van der Waals surface area contributed by atoms with E-state index in [1.54, 1.807) is 13.4 Å². The third kappa shape index (κ3) is 2.73. The molecule has 0 bridgehead atoms. The molecule has 0 aromatic carbocycles. The average Bonchev–Trinajstić information content (AvgIpc) is 2.40. The molecular weight excluding hydrogens is 216 g/mol. The SMILES string of the molecule is CCN(CCOC)c1ncnc2c1CNCC2. The van der Waals surface area contributed by atoms with E-state index in [0.717, 1.165) is 45.0 Å². The van der Waals surface area contributed by atoms with Gasteiger partial charge >= 0.3 is 0 Å². The third-order valence-electron chi connectivity index (χ3n) is 3.10. The fourth-order valence-corrected chi connectivity index (χ4v) is 2.14. The molecule has 0 spiro atoms. The van der Waals surface area contributed by atoms with Crippen molar-refractivity contribution in [3.05, 3.63) is 17.6 Å². The van der Waals surface area contributed by atoms with Crippen molar-refractivity contribution in [2.24, 2.45) is 0 Å². The lowest BCUT2D eigenvalue weighted by Gasteiger charge is -2.27. The van der Waals surface area contributed by atoms with Gasteiger partial charge in [0.2, 0.25) is 0 Å². The Hall–Kier alpha value is -1.20. The number of aromatic nitrogens is 2. The Morgan fingerprint density at radius 1 is 1.47 bits per heavy atom. The second-order valence-corrected chi connectivity index (χ2v) is 4.12. The summed E-state index contributed by atoms with van der Waals surface area (Å²) >= 11 is 0. The number of hydrogen-bond acceptors (Lipinski definition) is 5. The zero-order chi connectivity index (χ0) is 12.1. The van der Waals surface area contributed by atoms with Gasteiger partial charge in [-0.1, -0.05) is 0 Å². The smallest absolute Gasteiger partial charge is 0.136 e. The summed E-state index contributed by atoms with van der Waals surface area (Å²) in [6, 6.07) is 0. The van der Waals surface area contributed by atoms with Gasteiger partial charge in [0.05, 0.1) is 12.3 Å². The van der Waals surface area contributed by atoms with Crippen LogP contribution in [0.3, 0.4) is 0 Å². The molecule has 0 saturated heterocycles. The maximum Gasteiger partial charge on any atom is 0.136 e. The van der Waals surface area contributed by atoms with Crippen LogP contribution in [-0.4, -0.2) is 43.3 Å². The summed E-state index contributed by atoms with van der Waals surface area (Å²) < 4.78 is 5.14. The van der Waals surface area contributed by atoms with Crippen LogP contribution in [0, 0.1) is 0 Å². The van der Waals surface area contributed by atoms with Crippen LogP contribution in [0.25, 0.3) is 0 Å². The largest absolute Gasteiger partial charge is 0.383 e. The molecule has 1 aromatic rings. The molecule has 5 nitrogen and oxygen atoms in total. The molecule has 1 N–H and O–H groups in total. The number of ether oxygens (including phenoxy) is 1. The van der Waals surface area contributed by atoms with Crippen LogP contribution in [-0.2, 0) is 17.7 Å². The quantitative estimate of drug-likeness (QED) is 0.811. The maximum absolute atomic E-state index is 5.14. The predicted octanol–water partition coefficient (Wildman–Crippen LogP) is 0.595. The maximum atomic E-state index is 5.14. The number of likely N-dealkylation sites (N-methyl/N-ethyl adjacent to an activating group) is 1. The highest BCUT2D eigenvalue weighted by atomic mass is 16.5. The fraction of sp³-hybridized carbons (Fsp3) is 0.667. The number of hydrogen-bond donors (Lipinski definition) is 1. The van der Waals surface area contributed by atoms with E-state index in [9.17, 15) is 0 Å². The minimum atomic E-state index is 0.722. The zero-order valence-corrected chi connectivity index (χ0v) is 10.6. The summed E-state index contributed by atoms with van der Waals surface area (Å²) in [4.78, 5) is 11.1. The molecule has 5 heteroatoms. The van der Waals surface area contributed by atoms with Gasteiger partial charge in [-0.3, -0.25) is 0 Å². The minimum absolute atomic E-state index is 0.722. The lowest BCUT2D eigenvalue weighted by Crippen LogP contribution is -2.32. The van der Waals surface area contributed by atoms with Gasteiger partial charge < -0.3 is 15.0 Å². The van der Waals surface area contributed by atoms with Crippen molar-refractivity contribution in [3.63, 3.8) is 0 Å². The average molecular weight is 236 g/mol. The number of methoxy groups -OCH3 is 1. The number of anilines is 1. The molecule has 2 heterocycles. The first kappa shape index (κ1) is 12.3. The Bertz CT molecular complexity index is 370. The van der Waals surface area contributed by atoms with Crippen molar-refractivity contribution in [2.45, 2.75) is 19.9 Å². The van der Waals surface area contributed by atoms with Crippen LogP contribution >= 0.6 is 0 Å². The molecule has 0 saturated carbocycles. The second kappa shape index (κ2) is 5.93. The molecule has 0 aliphatic carbocycles. The van der Waals surface area contributed by atoms with Gasteiger partial charge in [-0.05, 0) is 6.92 Å². The van der Waals surface area contributed by atoms with Gasteiger partial charge in [0.1, 0.15) is 12.1 Å². The number of nitrogens with one attached hydrogen (secondary N) is 1. The first-order chi connectivity index (χ1) is 8.36. The number of nitrogens with zero attached hydrogens (tertiary/aromatic N) is 3. The number of fused-ring (bicyclic) bond motifs is 1. The van der Waals surface area contributed by atoms with Crippen LogP contribution in [0.4, 0.5) is 5.82 Å². The second-order valence-electron chi connectivity index (χ2n) is 4.12. The van der Waals surface area contributed by atoms with Crippen LogP contribution in [0.2, 0.25) is 0 Å². The standard InChI is InChI=1S/C12H20N4O/c1-3-16(6-7-17-2)12-10-8-13-5-4-11(10)14-9-15-12/h9,13H,3-8H2,1-2H3. The van der Waals surface area contributed by atoms with Crippen molar-refractivity contribution < 1.29 is 4.74 Å². The van der Waals surface area contributed by atoms with Crippen LogP contribution < -0.4 is 10.2 Å². The fourth-order valence-electron chi connectivity index (χ4n) is 2.14. The highest BCUT2D eigenvalue weighted by Gasteiger charge is 2.18. The molecule has 0 fully saturated rings. The first-order valence-corrected chi connectivity index (χ1v) is 6.14. The van der Waals surface area contributed by atoms with E-state index < -0.39 is 0 Å².